The van der Waals surface area contributed by atoms with Gasteiger partial charge in [-0.05, 0) is 17.2 Å². The van der Waals surface area contributed by atoms with Gasteiger partial charge >= 0.3 is 0 Å². The van der Waals surface area contributed by atoms with Crippen LogP contribution in [0.1, 0.15) is 5.56 Å². The van der Waals surface area contributed by atoms with Crippen LogP contribution < -0.4 is 5.32 Å². The lowest BCUT2D eigenvalue weighted by Gasteiger charge is -2.00. The van der Waals surface area contributed by atoms with Crippen molar-refractivity contribution in [1.82, 2.24) is 0 Å². The third kappa shape index (κ3) is 1.08. The van der Waals surface area contributed by atoms with E-state index in [1.165, 1.54) is 5.56 Å². The Morgan fingerprint density at radius 1 is 1.50 bits per heavy atom. The first kappa shape index (κ1) is 7.00. The second-order valence-electron chi connectivity index (χ2n) is 2.73. The van der Waals surface area contributed by atoms with Crippen molar-refractivity contribution in [1.29, 1.82) is 0 Å². The van der Waals surface area contributed by atoms with Crippen molar-refractivity contribution in [2.75, 3.05) is 5.32 Å². The maximum Gasteiger partial charge on any atom is 0.109 e. The molecule has 60 valence electrons. The van der Waals surface area contributed by atoms with Gasteiger partial charge in [-0.1, -0.05) is 23.3 Å². The van der Waals surface area contributed by atoms with Gasteiger partial charge in [-0.3, -0.25) is 0 Å². The van der Waals surface area contributed by atoms with Crippen LogP contribution in [0.15, 0.2) is 29.4 Å². The minimum atomic E-state index is -0.104. The monoisotopic (exact) mass is 160 g/mol. The van der Waals surface area contributed by atoms with Gasteiger partial charge in [-0.2, -0.15) is 0 Å². The molecule has 0 amide bonds. The average molecular weight is 160 g/mol. The molecule has 1 aliphatic rings. The molecular weight excluding hydrogens is 152 g/mol. The van der Waals surface area contributed by atoms with Gasteiger partial charge < -0.3 is 5.32 Å². The van der Waals surface area contributed by atoms with E-state index < -0.39 is 0 Å². The molecule has 1 heterocycles. The number of benzene rings is 1. The summed E-state index contributed by atoms with van der Waals surface area (Å²) in [5.41, 5.74) is 10.5. The van der Waals surface area contributed by atoms with E-state index in [0.29, 0.717) is 0 Å². The van der Waals surface area contributed by atoms with E-state index in [4.69, 9.17) is 5.53 Å². The first-order valence-electron chi connectivity index (χ1n) is 3.79. The average Bonchev–Trinajstić information content (AvgIpc) is 2.47. The molecule has 1 aliphatic heterocycles. The summed E-state index contributed by atoms with van der Waals surface area (Å²) in [6.07, 6.45) is 0.688. The number of azide groups is 1. The third-order valence-electron chi connectivity index (χ3n) is 1.94. The number of anilines is 1. The summed E-state index contributed by atoms with van der Waals surface area (Å²) in [6.45, 7) is 0. The molecule has 0 saturated carbocycles. The predicted molar refractivity (Wildman–Crippen MR) is 46.7 cm³/mol. The zero-order valence-electron chi connectivity index (χ0n) is 6.44. The lowest BCUT2D eigenvalue weighted by atomic mass is 10.2. The summed E-state index contributed by atoms with van der Waals surface area (Å²) in [6, 6.07) is 7.97. The highest BCUT2D eigenvalue weighted by molar-refractivity contribution is 5.56. The molecule has 0 saturated heterocycles. The molecule has 0 aromatic heterocycles. The van der Waals surface area contributed by atoms with E-state index in [9.17, 15) is 0 Å². The van der Waals surface area contributed by atoms with E-state index >= 15 is 0 Å². The van der Waals surface area contributed by atoms with Crippen LogP contribution in [0.2, 0.25) is 0 Å². The molecule has 4 heteroatoms. The summed E-state index contributed by atoms with van der Waals surface area (Å²) in [7, 11) is 0. The zero-order chi connectivity index (χ0) is 8.39. The van der Waals surface area contributed by atoms with Gasteiger partial charge in [0.05, 0.1) is 0 Å². The Balaban J connectivity index is 2.27. The number of hydrogen-bond donors (Lipinski definition) is 1. The van der Waals surface area contributed by atoms with Crippen LogP contribution in [0.5, 0.6) is 0 Å². The maximum absolute atomic E-state index is 8.22. The Kier molecular flexibility index (Phi) is 1.61. The van der Waals surface area contributed by atoms with Gasteiger partial charge in [0.2, 0.25) is 0 Å². The number of nitrogens with zero attached hydrogens (tertiary/aromatic N) is 3. The zero-order valence-corrected chi connectivity index (χ0v) is 6.44. The number of fused-ring (bicyclic) bond motifs is 1. The minimum absolute atomic E-state index is 0.104. The molecule has 0 spiro atoms. The van der Waals surface area contributed by atoms with Gasteiger partial charge in [0, 0.05) is 17.0 Å². The predicted octanol–water partition coefficient (Wildman–Crippen LogP) is 2.29. The van der Waals surface area contributed by atoms with E-state index in [2.05, 4.69) is 15.3 Å². The molecule has 1 aromatic rings. The fraction of sp³-hybridized carbons (Fsp3) is 0.250. The van der Waals surface area contributed by atoms with Crippen molar-refractivity contribution in [2.45, 2.75) is 12.6 Å². The largest absolute Gasteiger partial charge is 0.376 e. The van der Waals surface area contributed by atoms with Crippen molar-refractivity contribution in [2.24, 2.45) is 5.11 Å². The normalized spacial score (nSPS) is 19.2. The van der Waals surface area contributed by atoms with Gasteiger partial charge in [0.1, 0.15) is 6.17 Å². The Morgan fingerprint density at radius 2 is 2.33 bits per heavy atom. The topological polar surface area (TPSA) is 60.8 Å². The summed E-state index contributed by atoms with van der Waals surface area (Å²) in [5, 5.41) is 6.72. The van der Waals surface area contributed by atoms with Crippen molar-refractivity contribution in [3.05, 3.63) is 40.3 Å². The number of para-hydroxylation sites is 1. The van der Waals surface area contributed by atoms with Crippen LogP contribution in [0.3, 0.4) is 0 Å². The van der Waals surface area contributed by atoms with Gasteiger partial charge in [0.25, 0.3) is 0 Å². The molecule has 1 aromatic carbocycles. The highest BCUT2D eigenvalue weighted by Crippen LogP contribution is 2.25. The molecule has 1 atom stereocenters. The summed E-state index contributed by atoms with van der Waals surface area (Å²) in [5.74, 6) is 0. The summed E-state index contributed by atoms with van der Waals surface area (Å²) < 4.78 is 0. The molecule has 0 radical (unpaired) electrons. The number of hydrogen-bond acceptors (Lipinski definition) is 2. The van der Waals surface area contributed by atoms with Crippen LogP contribution in [0.4, 0.5) is 5.69 Å². The molecule has 2 rings (SSSR count). The standard InChI is InChI=1S/C8H8N4/c9-12-11-8-5-6-3-1-2-4-7(6)10-8/h1-4,8,10H,5H2. The Bertz CT molecular complexity index is 316. The summed E-state index contributed by atoms with van der Waals surface area (Å²) >= 11 is 0. The second kappa shape index (κ2) is 2.75. The maximum atomic E-state index is 8.22. The highest BCUT2D eigenvalue weighted by Gasteiger charge is 2.17. The van der Waals surface area contributed by atoms with Gasteiger partial charge in [-0.15, -0.1) is 0 Å². The molecule has 0 fully saturated rings. The quantitative estimate of drug-likeness (QED) is 0.382. The van der Waals surface area contributed by atoms with Crippen molar-refractivity contribution in [3.63, 3.8) is 0 Å². The van der Waals surface area contributed by atoms with Crippen molar-refractivity contribution in [3.8, 4) is 0 Å². The highest BCUT2D eigenvalue weighted by atomic mass is 15.2. The molecule has 1 unspecified atom stereocenters. The Hall–Kier alpha value is -1.67. The van der Waals surface area contributed by atoms with E-state index in [-0.39, 0.29) is 6.17 Å². The van der Waals surface area contributed by atoms with Crippen LogP contribution >= 0.6 is 0 Å². The molecular formula is C8H8N4. The Morgan fingerprint density at radius 3 is 3.08 bits per heavy atom. The third-order valence-corrected chi connectivity index (χ3v) is 1.94. The molecule has 0 aliphatic carbocycles. The molecule has 0 bridgehead atoms. The summed E-state index contributed by atoms with van der Waals surface area (Å²) in [4.78, 5) is 2.76. The lowest BCUT2D eigenvalue weighted by molar-refractivity contribution is 0.789. The second-order valence-corrected chi connectivity index (χ2v) is 2.73. The van der Waals surface area contributed by atoms with Crippen LogP contribution in [0.25, 0.3) is 10.4 Å². The first-order valence-corrected chi connectivity index (χ1v) is 3.79. The van der Waals surface area contributed by atoms with Crippen LogP contribution in [-0.2, 0) is 6.42 Å². The minimum Gasteiger partial charge on any atom is -0.376 e. The molecule has 12 heavy (non-hydrogen) atoms. The molecule has 4 nitrogen and oxygen atoms in total. The van der Waals surface area contributed by atoms with Crippen molar-refractivity contribution < 1.29 is 0 Å². The van der Waals surface area contributed by atoms with Crippen LogP contribution in [0, 0.1) is 0 Å². The lowest BCUT2D eigenvalue weighted by Crippen LogP contribution is -2.09. The SMILES string of the molecule is [N-]=[N+]=NC1Cc2ccccc2N1. The number of rotatable bonds is 1. The van der Waals surface area contributed by atoms with Gasteiger partial charge in [0.15, 0.2) is 0 Å². The fourth-order valence-electron chi connectivity index (χ4n) is 1.41. The van der Waals surface area contributed by atoms with Gasteiger partial charge in [-0.25, -0.2) is 0 Å². The van der Waals surface area contributed by atoms with E-state index in [0.717, 1.165) is 12.1 Å². The van der Waals surface area contributed by atoms with E-state index in [1.54, 1.807) is 0 Å². The van der Waals surface area contributed by atoms with Crippen LogP contribution in [-0.4, -0.2) is 6.17 Å². The fourth-order valence-corrected chi connectivity index (χ4v) is 1.41. The molecule has 1 N–H and O–H groups in total. The van der Waals surface area contributed by atoms with Crippen molar-refractivity contribution >= 4 is 5.69 Å². The van der Waals surface area contributed by atoms with E-state index in [1.807, 2.05) is 24.3 Å². The number of nitrogens with one attached hydrogen (secondary N) is 1. The first-order chi connectivity index (χ1) is 5.90. The Labute approximate surface area is 69.8 Å². The smallest absolute Gasteiger partial charge is 0.109 e.